The lowest BCUT2D eigenvalue weighted by molar-refractivity contribution is -0.117. The Morgan fingerprint density at radius 3 is 2.68 bits per heavy atom. The lowest BCUT2D eigenvalue weighted by Gasteiger charge is -2.17. The normalized spacial score (nSPS) is 17.7. The van der Waals surface area contributed by atoms with Crippen molar-refractivity contribution in [3.05, 3.63) is 89.4 Å². The number of amides is 2. The van der Waals surface area contributed by atoms with Gasteiger partial charge in [-0.25, -0.2) is 19.0 Å². The maximum Gasteiger partial charge on any atom is 0.269 e. The molecular formula is C30H26FN7O3. The zero-order valence-corrected chi connectivity index (χ0v) is 21.9. The number of rotatable bonds is 6. The molecule has 11 heteroatoms. The molecule has 3 aliphatic rings. The van der Waals surface area contributed by atoms with Gasteiger partial charge in [-0.1, -0.05) is 42.5 Å². The van der Waals surface area contributed by atoms with Gasteiger partial charge >= 0.3 is 0 Å². The van der Waals surface area contributed by atoms with Gasteiger partial charge in [-0.3, -0.25) is 9.59 Å². The van der Waals surface area contributed by atoms with Crippen LogP contribution >= 0.6 is 0 Å². The van der Waals surface area contributed by atoms with Gasteiger partial charge in [-0.05, 0) is 31.0 Å². The van der Waals surface area contributed by atoms with Crippen molar-refractivity contribution < 1.29 is 18.7 Å². The van der Waals surface area contributed by atoms with Crippen LogP contribution in [0.1, 0.15) is 40.7 Å². The molecule has 206 valence electrons. The molecule has 1 atom stereocenters. The molecule has 4 heterocycles. The lowest BCUT2D eigenvalue weighted by atomic mass is 10.0. The molecule has 0 radical (unpaired) electrons. The van der Waals surface area contributed by atoms with E-state index in [9.17, 15) is 14.0 Å². The van der Waals surface area contributed by atoms with E-state index < -0.39 is 23.8 Å². The van der Waals surface area contributed by atoms with Crippen LogP contribution in [-0.2, 0) is 11.3 Å². The summed E-state index contributed by atoms with van der Waals surface area (Å²) >= 11 is 0. The Labute approximate surface area is 234 Å². The standard InChI is InChI=1S/C30H26FN7O3/c31-21-9-4-8-20-24(17-6-2-1-3-7-17)34-27(29(40)35-26(20)21)36-28(39)23-25(37-38-14-5-15-41-30(23)38)18-10-13-22(32-16-18)33-19-11-12-19/h1-4,6-10,13,16,19,27H,5,11-12,14-15H2,(H,32,33)(H,35,40)(H,36,39)/t27-/m1/s1. The number of para-hydroxylation sites is 1. The summed E-state index contributed by atoms with van der Waals surface area (Å²) in [5, 5.41) is 13.4. The van der Waals surface area contributed by atoms with Gasteiger partial charge in [0.05, 0.1) is 18.0 Å². The number of aromatic nitrogens is 3. The van der Waals surface area contributed by atoms with Crippen LogP contribution < -0.4 is 20.7 Å². The molecule has 0 spiro atoms. The van der Waals surface area contributed by atoms with E-state index in [1.165, 1.54) is 6.07 Å². The number of hydrogen-bond donors (Lipinski definition) is 3. The van der Waals surface area contributed by atoms with Gasteiger partial charge in [-0.15, -0.1) is 0 Å². The van der Waals surface area contributed by atoms with Crippen molar-refractivity contribution in [3.63, 3.8) is 0 Å². The zero-order valence-electron chi connectivity index (χ0n) is 21.9. The molecule has 0 bridgehead atoms. The minimum Gasteiger partial charge on any atom is -0.477 e. The maximum absolute atomic E-state index is 14.9. The summed E-state index contributed by atoms with van der Waals surface area (Å²) in [4.78, 5) is 36.4. The van der Waals surface area contributed by atoms with Crippen molar-refractivity contribution in [1.82, 2.24) is 20.1 Å². The van der Waals surface area contributed by atoms with Crippen LogP contribution in [0.5, 0.6) is 5.88 Å². The second-order valence-electron chi connectivity index (χ2n) is 10.2. The molecule has 0 saturated heterocycles. The highest BCUT2D eigenvalue weighted by atomic mass is 19.1. The first-order chi connectivity index (χ1) is 20.0. The average Bonchev–Trinajstić information content (AvgIpc) is 3.75. The van der Waals surface area contributed by atoms with Crippen molar-refractivity contribution in [2.75, 3.05) is 17.2 Å². The molecular weight excluding hydrogens is 525 g/mol. The number of nitrogens with one attached hydrogen (secondary N) is 3. The summed E-state index contributed by atoms with van der Waals surface area (Å²) in [6.45, 7) is 1.02. The number of benzodiazepines with no additional fused rings is 1. The highest BCUT2D eigenvalue weighted by Gasteiger charge is 2.33. The SMILES string of the molecule is O=C(N[C@H]1N=C(c2ccccc2)c2cccc(F)c2NC1=O)c1c(-c2ccc(NC3CC3)nc2)nn2c1OCCC2. The average molecular weight is 552 g/mol. The molecule has 7 rings (SSSR count). The molecule has 3 N–H and O–H groups in total. The predicted molar refractivity (Wildman–Crippen MR) is 151 cm³/mol. The number of carbonyl (C=O) groups is 2. The van der Waals surface area contributed by atoms with E-state index in [0.29, 0.717) is 53.2 Å². The number of hydrogen-bond acceptors (Lipinski definition) is 7. The second-order valence-corrected chi connectivity index (χ2v) is 10.2. The van der Waals surface area contributed by atoms with Crippen molar-refractivity contribution >= 4 is 29.0 Å². The van der Waals surface area contributed by atoms with Gasteiger partial charge in [0.1, 0.15) is 22.9 Å². The van der Waals surface area contributed by atoms with E-state index >= 15 is 0 Å². The van der Waals surface area contributed by atoms with Crippen LogP contribution in [0.4, 0.5) is 15.9 Å². The number of fused-ring (bicyclic) bond motifs is 2. The van der Waals surface area contributed by atoms with Crippen molar-refractivity contribution in [3.8, 4) is 17.1 Å². The molecule has 2 aliphatic heterocycles. The largest absolute Gasteiger partial charge is 0.477 e. The van der Waals surface area contributed by atoms with Gasteiger partial charge in [-0.2, -0.15) is 5.10 Å². The Morgan fingerprint density at radius 1 is 1.05 bits per heavy atom. The first kappa shape index (κ1) is 24.9. The Morgan fingerprint density at radius 2 is 1.90 bits per heavy atom. The lowest BCUT2D eigenvalue weighted by Crippen LogP contribution is -2.42. The minimum absolute atomic E-state index is 0.00904. The van der Waals surface area contributed by atoms with Crippen LogP contribution in [0.25, 0.3) is 11.3 Å². The van der Waals surface area contributed by atoms with Gasteiger partial charge in [0.15, 0.2) is 0 Å². The Bertz CT molecular complexity index is 1680. The minimum atomic E-state index is -1.35. The number of aryl methyl sites for hydroxylation is 1. The molecule has 10 nitrogen and oxygen atoms in total. The van der Waals surface area contributed by atoms with Crippen molar-refractivity contribution in [2.45, 2.75) is 38.0 Å². The Balaban J connectivity index is 1.26. The summed E-state index contributed by atoms with van der Waals surface area (Å²) in [6.07, 6.45) is 3.32. The van der Waals surface area contributed by atoms with E-state index in [2.05, 4.69) is 31.0 Å². The number of aliphatic imine (C=N–C) groups is 1. The van der Waals surface area contributed by atoms with E-state index in [1.807, 2.05) is 42.5 Å². The van der Waals surface area contributed by atoms with Crippen molar-refractivity contribution in [1.29, 1.82) is 0 Å². The number of ether oxygens (including phenoxy) is 1. The third-order valence-corrected chi connectivity index (χ3v) is 7.19. The fraction of sp³-hybridized carbons (Fsp3) is 0.233. The number of pyridine rings is 1. The summed E-state index contributed by atoms with van der Waals surface area (Å²) in [5.41, 5.74) is 2.68. The zero-order chi connectivity index (χ0) is 27.9. The van der Waals surface area contributed by atoms with E-state index in [-0.39, 0.29) is 11.3 Å². The third kappa shape index (κ3) is 4.79. The van der Waals surface area contributed by atoms with Gasteiger partial charge in [0.2, 0.25) is 12.0 Å². The fourth-order valence-corrected chi connectivity index (χ4v) is 5.01. The molecule has 4 aromatic rings. The molecule has 2 aromatic heterocycles. The van der Waals surface area contributed by atoms with Gasteiger partial charge in [0.25, 0.3) is 11.8 Å². The Kier molecular flexibility index (Phi) is 6.18. The number of benzene rings is 2. The van der Waals surface area contributed by atoms with Gasteiger partial charge in [0, 0.05) is 41.9 Å². The van der Waals surface area contributed by atoms with Crippen LogP contribution in [0.2, 0.25) is 0 Å². The van der Waals surface area contributed by atoms with Crippen LogP contribution in [0.3, 0.4) is 0 Å². The Hall–Kier alpha value is -5.06. The number of anilines is 2. The molecule has 1 fully saturated rings. The fourth-order valence-electron chi connectivity index (χ4n) is 5.01. The number of halogens is 1. The second kappa shape index (κ2) is 10.2. The molecule has 1 aliphatic carbocycles. The smallest absolute Gasteiger partial charge is 0.269 e. The number of carbonyl (C=O) groups excluding carboxylic acids is 2. The van der Waals surface area contributed by atoms with Gasteiger partial charge < -0.3 is 20.7 Å². The predicted octanol–water partition coefficient (Wildman–Crippen LogP) is 3.99. The van der Waals surface area contributed by atoms with Crippen LogP contribution in [0.15, 0.2) is 71.9 Å². The van der Waals surface area contributed by atoms with Crippen LogP contribution in [0, 0.1) is 5.82 Å². The quantitative estimate of drug-likeness (QED) is 0.333. The summed E-state index contributed by atoms with van der Waals surface area (Å²) < 4.78 is 22.4. The molecule has 0 unspecified atom stereocenters. The van der Waals surface area contributed by atoms with Crippen molar-refractivity contribution in [2.24, 2.45) is 4.99 Å². The number of nitrogens with zero attached hydrogens (tertiary/aromatic N) is 4. The first-order valence-corrected chi connectivity index (χ1v) is 13.6. The molecule has 2 amide bonds. The summed E-state index contributed by atoms with van der Waals surface area (Å²) in [7, 11) is 0. The molecule has 41 heavy (non-hydrogen) atoms. The molecule has 1 saturated carbocycles. The van der Waals surface area contributed by atoms with Crippen LogP contribution in [-0.4, -0.2) is 51.1 Å². The van der Waals surface area contributed by atoms with E-state index in [0.717, 1.165) is 25.1 Å². The summed E-state index contributed by atoms with van der Waals surface area (Å²) in [6, 6.07) is 17.8. The molecule has 2 aromatic carbocycles. The van der Waals surface area contributed by atoms with E-state index in [4.69, 9.17) is 4.74 Å². The summed E-state index contributed by atoms with van der Waals surface area (Å²) in [5.74, 6) is -0.783. The third-order valence-electron chi connectivity index (χ3n) is 7.19. The monoisotopic (exact) mass is 551 g/mol. The first-order valence-electron chi connectivity index (χ1n) is 13.6. The maximum atomic E-state index is 14.9. The topological polar surface area (TPSA) is 123 Å². The van der Waals surface area contributed by atoms with E-state index in [1.54, 1.807) is 23.0 Å². The highest BCUT2D eigenvalue weighted by molar-refractivity contribution is 6.20. The highest BCUT2D eigenvalue weighted by Crippen LogP contribution is 2.34.